The number of hydrogen-bond acceptors (Lipinski definition) is 5. The molecule has 2 aromatic rings. The predicted octanol–water partition coefficient (Wildman–Crippen LogP) is 2.34. The maximum atomic E-state index is 9.65. The number of rotatable bonds is 5. The molecule has 0 amide bonds. The lowest BCUT2D eigenvalue weighted by atomic mass is 10.1. The maximum absolute atomic E-state index is 9.65. The van der Waals surface area contributed by atoms with E-state index < -0.39 is 6.10 Å². The number of nitrogens with zero attached hydrogens (tertiary/aromatic N) is 2. The number of furan rings is 1. The average molecular weight is 236 g/mol. The van der Waals surface area contributed by atoms with Gasteiger partial charge in [0.25, 0.3) is 0 Å². The Labute approximate surface area is 99.5 Å². The van der Waals surface area contributed by atoms with Gasteiger partial charge in [-0.1, -0.05) is 18.5 Å². The van der Waals surface area contributed by atoms with Crippen LogP contribution in [0.25, 0.3) is 11.4 Å². The van der Waals surface area contributed by atoms with Crippen molar-refractivity contribution in [2.45, 2.75) is 39.2 Å². The molecule has 2 aromatic heterocycles. The lowest BCUT2D eigenvalue weighted by Gasteiger charge is -2.03. The van der Waals surface area contributed by atoms with Gasteiger partial charge in [0, 0.05) is 0 Å². The maximum Gasteiger partial charge on any atom is 0.229 e. The summed E-state index contributed by atoms with van der Waals surface area (Å²) in [5.74, 6) is 1.72. The van der Waals surface area contributed by atoms with Crippen LogP contribution in [0.2, 0.25) is 0 Å². The van der Waals surface area contributed by atoms with Crippen LogP contribution in [0.5, 0.6) is 0 Å². The molecule has 5 nitrogen and oxygen atoms in total. The summed E-state index contributed by atoms with van der Waals surface area (Å²) in [5.41, 5.74) is 0.824. The third-order valence-corrected chi connectivity index (χ3v) is 2.60. The van der Waals surface area contributed by atoms with Gasteiger partial charge in [-0.3, -0.25) is 0 Å². The molecule has 2 heterocycles. The molecule has 0 radical (unpaired) electrons. The minimum Gasteiger partial charge on any atom is -0.469 e. The lowest BCUT2D eigenvalue weighted by molar-refractivity contribution is 0.152. The molecular weight excluding hydrogens is 220 g/mol. The second-order valence-corrected chi connectivity index (χ2v) is 4.05. The van der Waals surface area contributed by atoms with E-state index in [0.29, 0.717) is 18.1 Å². The van der Waals surface area contributed by atoms with E-state index in [2.05, 4.69) is 10.1 Å². The Morgan fingerprint density at radius 1 is 1.47 bits per heavy atom. The fourth-order valence-corrected chi connectivity index (χ4v) is 1.70. The molecule has 0 aliphatic rings. The molecule has 2 rings (SSSR count). The summed E-state index contributed by atoms with van der Waals surface area (Å²) in [6, 6.07) is 1.80. The molecule has 0 bridgehead atoms. The molecule has 0 fully saturated rings. The van der Waals surface area contributed by atoms with Crippen LogP contribution in [0.15, 0.2) is 21.3 Å². The van der Waals surface area contributed by atoms with Gasteiger partial charge in [0.05, 0.1) is 24.4 Å². The quantitative estimate of drug-likeness (QED) is 0.862. The molecule has 1 N–H and O–H groups in total. The van der Waals surface area contributed by atoms with Crippen LogP contribution in [0.3, 0.4) is 0 Å². The SMILES string of the molecule is CCCC(O)Cc1nc(-c2ccoc2C)no1. The molecule has 0 saturated heterocycles. The standard InChI is InChI=1S/C12H16N2O3/c1-3-4-9(15)7-11-13-12(14-17-11)10-5-6-16-8(10)2/h5-6,9,15H,3-4,7H2,1-2H3. The van der Waals surface area contributed by atoms with E-state index in [1.807, 2.05) is 13.8 Å². The summed E-state index contributed by atoms with van der Waals surface area (Å²) in [7, 11) is 0. The number of aliphatic hydroxyl groups is 1. The van der Waals surface area contributed by atoms with Crippen molar-refractivity contribution < 1.29 is 14.0 Å². The predicted molar refractivity (Wildman–Crippen MR) is 61.4 cm³/mol. The van der Waals surface area contributed by atoms with Crippen molar-refractivity contribution in [3.63, 3.8) is 0 Å². The van der Waals surface area contributed by atoms with E-state index >= 15 is 0 Å². The molecule has 92 valence electrons. The first-order valence-electron chi connectivity index (χ1n) is 5.75. The molecule has 17 heavy (non-hydrogen) atoms. The molecular formula is C12H16N2O3. The summed E-state index contributed by atoms with van der Waals surface area (Å²) in [6.45, 7) is 3.87. The first-order chi connectivity index (χ1) is 8.20. The summed E-state index contributed by atoms with van der Waals surface area (Å²) in [6.07, 6.45) is 3.24. The highest BCUT2D eigenvalue weighted by atomic mass is 16.5. The van der Waals surface area contributed by atoms with Crippen LogP contribution in [0, 0.1) is 6.92 Å². The number of hydrogen-bond donors (Lipinski definition) is 1. The van der Waals surface area contributed by atoms with E-state index in [-0.39, 0.29) is 0 Å². The molecule has 0 aromatic carbocycles. The van der Waals surface area contributed by atoms with Crippen molar-refractivity contribution in [2.24, 2.45) is 0 Å². The molecule has 0 saturated carbocycles. The van der Waals surface area contributed by atoms with E-state index in [0.717, 1.165) is 24.2 Å². The zero-order valence-electron chi connectivity index (χ0n) is 10.0. The number of aryl methyl sites for hydroxylation is 1. The average Bonchev–Trinajstić information content (AvgIpc) is 2.87. The minimum absolute atomic E-state index is 0.401. The number of aromatic nitrogens is 2. The molecule has 0 aliphatic heterocycles. The Hall–Kier alpha value is -1.62. The van der Waals surface area contributed by atoms with Crippen molar-refractivity contribution in [1.82, 2.24) is 10.1 Å². The lowest BCUT2D eigenvalue weighted by Crippen LogP contribution is -2.09. The third kappa shape index (κ3) is 2.74. The Morgan fingerprint density at radius 3 is 2.94 bits per heavy atom. The van der Waals surface area contributed by atoms with Crippen LogP contribution in [0.1, 0.15) is 31.4 Å². The molecule has 1 unspecified atom stereocenters. The molecule has 5 heteroatoms. The van der Waals surface area contributed by atoms with Crippen LogP contribution in [-0.4, -0.2) is 21.4 Å². The second kappa shape index (κ2) is 5.14. The van der Waals surface area contributed by atoms with Gasteiger partial charge in [-0.2, -0.15) is 4.98 Å². The van der Waals surface area contributed by atoms with Gasteiger partial charge in [0.2, 0.25) is 11.7 Å². The van der Waals surface area contributed by atoms with Crippen LogP contribution < -0.4 is 0 Å². The van der Waals surface area contributed by atoms with E-state index in [4.69, 9.17) is 8.94 Å². The zero-order valence-corrected chi connectivity index (χ0v) is 10.0. The Bertz CT molecular complexity index is 476. The Kier molecular flexibility index (Phi) is 3.58. The van der Waals surface area contributed by atoms with Crippen molar-refractivity contribution in [3.05, 3.63) is 24.0 Å². The second-order valence-electron chi connectivity index (χ2n) is 4.05. The zero-order chi connectivity index (χ0) is 12.3. The summed E-state index contributed by atoms with van der Waals surface area (Å²) >= 11 is 0. The van der Waals surface area contributed by atoms with E-state index in [9.17, 15) is 5.11 Å². The number of aliphatic hydroxyl groups excluding tert-OH is 1. The first kappa shape index (κ1) is 11.9. The van der Waals surface area contributed by atoms with Crippen molar-refractivity contribution in [1.29, 1.82) is 0 Å². The van der Waals surface area contributed by atoms with Gasteiger partial charge in [0.15, 0.2) is 0 Å². The van der Waals surface area contributed by atoms with Crippen molar-refractivity contribution in [2.75, 3.05) is 0 Å². The third-order valence-electron chi connectivity index (χ3n) is 2.60. The minimum atomic E-state index is -0.418. The van der Waals surface area contributed by atoms with Gasteiger partial charge >= 0.3 is 0 Å². The van der Waals surface area contributed by atoms with E-state index in [1.165, 1.54) is 0 Å². The highest BCUT2D eigenvalue weighted by molar-refractivity contribution is 5.56. The van der Waals surface area contributed by atoms with Crippen LogP contribution >= 0.6 is 0 Å². The van der Waals surface area contributed by atoms with Crippen molar-refractivity contribution in [3.8, 4) is 11.4 Å². The van der Waals surface area contributed by atoms with Gasteiger partial charge in [0.1, 0.15) is 5.76 Å². The monoisotopic (exact) mass is 236 g/mol. The van der Waals surface area contributed by atoms with Gasteiger partial charge in [-0.15, -0.1) is 0 Å². The first-order valence-corrected chi connectivity index (χ1v) is 5.75. The summed E-state index contributed by atoms with van der Waals surface area (Å²) in [5, 5.41) is 13.5. The fourth-order valence-electron chi connectivity index (χ4n) is 1.70. The molecule has 1 atom stereocenters. The fraction of sp³-hybridized carbons (Fsp3) is 0.500. The van der Waals surface area contributed by atoms with Crippen LogP contribution in [0.4, 0.5) is 0 Å². The van der Waals surface area contributed by atoms with Crippen LogP contribution in [-0.2, 0) is 6.42 Å². The van der Waals surface area contributed by atoms with Gasteiger partial charge in [-0.25, -0.2) is 0 Å². The smallest absolute Gasteiger partial charge is 0.229 e. The highest BCUT2D eigenvalue weighted by Gasteiger charge is 2.15. The molecule has 0 spiro atoms. The van der Waals surface area contributed by atoms with Crippen molar-refractivity contribution >= 4 is 0 Å². The Balaban J connectivity index is 2.09. The largest absolute Gasteiger partial charge is 0.469 e. The topological polar surface area (TPSA) is 72.3 Å². The molecule has 0 aliphatic carbocycles. The summed E-state index contributed by atoms with van der Waals surface area (Å²) < 4.78 is 10.3. The highest BCUT2D eigenvalue weighted by Crippen LogP contribution is 2.21. The Morgan fingerprint density at radius 2 is 2.29 bits per heavy atom. The van der Waals surface area contributed by atoms with E-state index in [1.54, 1.807) is 12.3 Å². The summed E-state index contributed by atoms with van der Waals surface area (Å²) in [4.78, 5) is 4.24. The van der Waals surface area contributed by atoms with Gasteiger partial charge in [-0.05, 0) is 19.4 Å². The normalized spacial score (nSPS) is 12.9. The van der Waals surface area contributed by atoms with Gasteiger partial charge < -0.3 is 14.0 Å².